The molecule has 1 amide bonds. The third-order valence-corrected chi connectivity index (χ3v) is 6.75. The van der Waals surface area contributed by atoms with Crippen molar-refractivity contribution in [3.8, 4) is 0 Å². The molecule has 0 radical (unpaired) electrons. The minimum atomic E-state index is -0.249. The van der Waals surface area contributed by atoms with E-state index in [4.69, 9.17) is 0 Å². The first-order chi connectivity index (χ1) is 12.0. The fraction of sp³-hybridized carbons (Fsp3) is 0.600. The number of aromatic nitrogens is 2. The first-order valence-corrected chi connectivity index (χ1v) is 9.41. The van der Waals surface area contributed by atoms with Gasteiger partial charge in [0.05, 0.1) is 23.5 Å². The summed E-state index contributed by atoms with van der Waals surface area (Å²) in [6.45, 7) is 1.83. The summed E-state index contributed by atoms with van der Waals surface area (Å²) in [5, 5.41) is 9.40. The fourth-order valence-corrected chi connectivity index (χ4v) is 5.15. The number of hydrogen-bond acceptors (Lipinski definition) is 3. The normalized spacial score (nSPS) is 30.5. The van der Waals surface area contributed by atoms with Gasteiger partial charge in [0.2, 0.25) is 5.91 Å². The van der Waals surface area contributed by atoms with Crippen molar-refractivity contribution in [2.45, 2.75) is 44.1 Å². The van der Waals surface area contributed by atoms with Gasteiger partial charge < -0.3 is 14.6 Å². The lowest BCUT2D eigenvalue weighted by Crippen LogP contribution is -2.60. The predicted molar refractivity (Wildman–Crippen MR) is 95.0 cm³/mol. The lowest BCUT2D eigenvalue weighted by Gasteiger charge is -2.50. The highest BCUT2D eigenvalue weighted by molar-refractivity contribution is 5.81. The van der Waals surface area contributed by atoms with Gasteiger partial charge in [-0.1, -0.05) is 6.07 Å². The van der Waals surface area contributed by atoms with Gasteiger partial charge in [-0.2, -0.15) is 0 Å². The molecule has 2 aliphatic carbocycles. The maximum atomic E-state index is 12.4. The van der Waals surface area contributed by atoms with E-state index in [2.05, 4.69) is 27.8 Å². The summed E-state index contributed by atoms with van der Waals surface area (Å²) in [7, 11) is 2.03. The van der Waals surface area contributed by atoms with Crippen molar-refractivity contribution in [2.75, 3.05) is 13.1 Å². The van der Waals surface area contributed by atoms with Gasteiger partial charge in [0, 0.05) is 31.5 Å². The van der Waals surface area contributed by atoms with Crippen molar-refractivity contribution in [3.63, 3.8) is 0 Å². The number of benzene rings is 1. The molecule has 1 N–H and O–H groups in total. The Labute approximate surface area is 147 Å². The Morgan fingerprint density at radius 1 is 1.32 bits per heavy atom. The topological polar surface area (TPSA) is 58.4 Å². The zero-order valence-corrected chi connectivity index (χ0v) is 14.7. The average Bonchev–Trinajstić information content (AvgIpc) is 3.14. The van der Waals surface area contributed by atoms with Crippen LogP contribution < -0.4 is 0 Å². The smallest absolute Gasteiger partial charge is 0.225 e. The van der Waals surface area contributed by atoms with Crippen LogP contribution in [0.3, 0.4) is 0 Å². The van der Waals surface area contributed by atoms with Crippen molar-refractivity contribution >= 4 is 16.9 Å². The minimum absolute atomic E-state index is 0.0797. The Hall–Kier alpha value is -1.88. The van der Waals surface area contributed by atoms with Crippen LogP contribution in [0.15, 0.2) is 24.5 Å². The second-order valence-corrected chi connectivity index (χ2v) is 8.56. The van der Waals surface area contributed by atoms with Gasteiger partial charge in [-0.25, -0.2) is 4.98 Å². The molecular formula is C20H25N3O2. The Morgan fingerprint density at radius 3 is 2.88 bits per heavy atom. The zero-order valence-electron chi connectivity index (χ0n) is 14.7. The van der Waals surface area contributed by atoms with E-state index in [1.54, 1.807) is 0 Å². The molecule has 5 nitrogen and oxygen atoms in total. The molecule has 25 heavy (non-hydrogen) atoms. The van der Waals surface area contributed by atoms with E-state index in [9.17, 15) is 9.90 Å². The largest absolute Gasteiger partial charge is 0.393 e. The molecule has 2 aromatic rings. The number of amides is 1. The van der Waals surface area contributed by atoms with Crippen LogP contribution >= 0.6 is 0 Å². The van der Waals surface area contributed by atoms with Crippen molar-refractivity contribution in [1.82, 2.24) is 14.5 Å². The molecule has 2 heterocycles. The van der Waals surface area contributed by atoms with Crippen LogP contribution in [0.2, 0.25) is 0 Å². The summed E-state index contributed by atoms with van der Waals surface area (Å²) in [6.07, 6.45) is 6.56. The van der Waals surface area contributed by atoms with Crippen LogP contribution in [0.25, 0.3) is 11.0 Å². The highest BCUT2D eigenvalue weighted by atomic mass is 16.3. The van der Waals surface area contributed by atoms with Crippen LogP contribution in [0.4, 0.5) is 0 Å². The van der Waals surface area contributed by atoms with Gasteiger partial charge in [0.25, 0.3) is 0 Å². The average molecular weight is 339 g/mol. The quantitative estimate of drug-likeness (QED) is 0.914. The number of likely N-dealkylation sites (tertiary alicyclic amines) is 1. The highest BCUT2D eigenvalue weighted by Gasteiger charge is 2.51. The monoisotopic (exact) mass is 339 g/mol. The van der Waals surface area contributed by atoms with Crippen LogP contribution in [-0.4, -0.2) is 44.7 Å². The van der Waals surface area contributed by atoms with Crippen LogP contribution in [-0.2, 0) is 11.8 Å². The SMILES string of the molecule is Cn1cnc2cc(C3CCC4(C3)CN(C(=O)C3CC(O)C3)C4)ccc21. The predicted octanol–water partition coefficient (Wildman–Crippen LogP) is 2.44. The molecule has 5 rings (SSSR count). The number of carbonyl (C=O) groups is 1. The third kappa shape index (κ3) is 2.40. The Kier molecular flexibility index (Phi) is 3.26. The number of fused-ring (bicyclic) bond motifs is 1. The summed E-state index contributed by atoms with van der Waals surface area (Å²) in [4.78, 5) is 18.9. The molecular weight excluding hydrogens is 314 g/mol. The second kappa shape index (κ2) is 5.31. The molecule has 1 spiro atoms. The van der Waals surface area contributed by atoms with E-state index in [-0.39, 0.29) is 17.9 Å². The molecule has 3 aliphatic rings. The lowest BCUT2D eigenvalue weighted by atomic mass is 9.74. The van der Waals surface area contributed by atoms with Crippen molar-refractivity contribution in [3.05, 3.63) is 30.1 Å². The maximum Gasteiger partial charge on any atom is 0.225 e. The number of aryl methyl sites for hydroxylation is 1. The maximum absolute atomic E-state index is 12.4. The summed E-state index contributed by atoms with van der Waals surface area (Å²) < 4.78 is 2.06. The molecule has 1 aromatic heterocycles. The molecule has 132 valence electrons. The number of carbonyl (C=O) groups excluding carboxylic acids is 1. The number of aliphatic hydroxyl groups is 1. The van der Waals surface area contributed by atoms with Gasteiger partial charge >= 0.3 is 0 Å². The van der Waals surface area contributed by atoms with Crippen LogP contribution in [0, 0.1) is 11.3 Å². The van der Waals surface area contributed by atoms with E-state index >= 15 is 0 Å². The van der Waals surface area contributed by atoms with Crippen molar-refractivity contribution in [2.24, 2.45) is 18.4 Å². The van der Waals surface area contributed by atoms with Gasteiger partial charge in [0.1, 0.15) is 0 Å². The highest BCUT2D eigenvalue weighted by Crippen LogP contribution is 2.52. The van der Waals surface area contributed by atoms with Crippen molar-refractivity contribution < 1.29 is 9.90 Å². The summed E-state index contributed by atoms with van der Waals surface area (Å²) in [6, 6.07) is 6.68. The van der Waals surface area contributed by atoms with E-state index < -0.39 is 0 Å². The number of hydrogen-bond donors (Lipinski definition) is 1. The molecule has 1 aromatic carbocycles. The number of nitrogens with zero attached hydrogens (tertiary/aromatic N) is 3. The molecule has 0 bridgehead atoms. The molecule has 3 fully saturated rings. The molecule has 1 saturated heterocycles. The summed E-state index contributed by atoms with van der Waals surface area (Å²) in [5.74, 6) is 0.944. The third-order valence-electron chi connectivity index (χ3n) is 6.75. The molecule has 5 heteroatoms. The lowest BCUT2D eigenvalue weighted by molar-refractivity contribution is -0.154. The number of rotatable bonds is 2. The number of imidazole rings is 1. The fourth-order valence-electron chi connectivity index (χ4n) is 5.15. The molecule has 1 atom stereocenters. The van der Waals surface area contributed by atoms with E-state index in [1.807, 2.05) is 18.3 Å². The Bertz CT molecular complexity index is 831. The van der Waals surface area contributed by atoms with E-state index in [0.29, 0.717) is 24.2 Å². The second-order valence-electron chi connectivity index (χ2n) is 8.56. The Balaban J connectivity index is 1.25. The van der Waals surface area contributed by atoms with Crippen LogP contribution in [0.1, 0.15) is 43.6 Å². The van der Waals surface area contributed by atoms with Gasteiger partial charge in [-0.05, 0) is 55.7 Å². The molecule has 1 unspecified atom stereocenters. The first-order valence-electron chi connectivity index (χ1n) is 9.41. The first kappa shape index (κ1) is 15.4. The van der Waals surface area contributed by atoms with E-state index in [0.717, 1.165) is 18.6 Å². The zero-order chi connectivity index (χ0) is 17.2. The van der Waals surface area contributed by atoms with Gasteiger partial charge in [-0.15, -0.1) is 0 Å². The minimum Gasteiger partial charge on any atom is -0.393 e. The molecule has 1 aliphatic heterocycles. The van der Waals surface area contributed by atoms with Crippen molar-refractivity contribution in [1.29, 1.82) is 0 Å². The summed E-state index contributed by atoms with van der Waals surface area (Å²) in [5.41, 5.74) is 3.99. The van der Waals surface area contributed by atoms with Crippen LogP contribution in [0.5, 0.6) is 0 Å². The van der Waals surface area contributed by atoms with Gasteiger partial charge in [0.15, 0.2) is 0 Å². The molecule has 2 saturated carbocycles. The van der Waals surface area contributed by atoms with E-state index in [1.165, 1.54) is 30.3 Å². The number of aliphatic hydroxyl groups excluding tert-OH is 1. The standard InChI is InChI=1S/C20H25N3O2/c1-22-12-21-17-8-13(2-3-18(17)22)14-4-5-20(9-14)10-23(11-20)19(25)15-6-16(24)7-15/h2-3,8,12,14-16,24H,4-7,9-11H2,1H3. The Morgan fingerprint density at radius 2 is 2.12 bits per heavy atom. The summed E-state index contributed by atoms with van der Waals surface area (Å²) >= 11 is 0. The van der Waals surface area contributed by atoms with Gasteiger partial charge in [-0.3, -0.25) is 4.79 Å².